The van der Waals surface area contributed by atoms with E-state index in [0.29, 0.717) is 11.4 Å². The molecule has 0 bridgehead atoms. The smallest absolute Gasteiger partial charge is 0.0550 e. The van der Waals surface area contributed by atoms with E-state index in [0.717, 1.165) is 19.4 Å². The van der Waals surface area contributed by atoms with Gasteiger partial charge >= 0.3 is 0 Å². The lowest BCUT2D eigenvalue weighted by Gasteiger charge is -2.09. The van der Waals surface area contributed by atoms with Gasteiger partial charge in [0.2, 0.25) is 0 Å². The fraction of sp³-hybridized carbons (Fsp3) is 0.538. The highest BCUT2D eigenvalue weighted by molar-refractivity contribution is 5.63. The van der Waals surface area contributed by atoms with Crippen LogP contribution in [0.1, 0.15) is 25.8 Å². The lowest BCUT2D eigenvalue weighted by atomic mass is 10.1. The fourth-order valence-electron chi connectivity index (χ4n) is 1.38. The summed E-state index contributed by atoms with van der Waals surface area (Å²) in [6.07, 6.45) is 2.21. The van der Waals surface area contributed by atoms with E-state index < -0.39 is 0 Å². The van der Waals surface area contributed by atoms with Crippen molar-refractivity contribution in [2.45, 2.75) is 26.7 Å². The van der Waals surface area contributed by atoms with Gasteiger partial charge in [0.25, 0.3) is 0 Å². The summed E-state index contributed by atoms with van der Waals surface area (Å²) < 4.78 is 0. The SMILES string of the molecule is CC.CN(C)CCCc1ccc(N)c(N)c1. The molecule has 3 nitrogen and oxygen atoms in total. The Balaban J connectivity index is 0.00000106. The fourth-order valence-corrected chi connectivity index (χ4v) is 1.38. The van der Waals surface area contributed by atoms with Crippen molar-refractivity contribution in [2.24, 2.45) is 0 Å². The highest BCUT2D eigenvalue weighted by Gasteiger charge is 1.98. The number of nitrogen functional groups attached to an aromatic ring is 2. The number of nitrogens with zero attached hydrogens (tertiary/aromatic N) is 1. The molecule has 0 spiro atoms. The Labute approximate surface area is 99.4 Å². The number of rotatable bonds is 4. The third kappa shape index (κ3) is 5.61. The lowest BCUT2D eigenvalue weighted by Crippen LogP contribution is -2.13. The molecule has 0 aromatic heterocycles. The van der Waals surface area contributed by atoms with Crippen molar-refractivity contribution in [3.63, 3.8) is 0 Å². The van der Waals surface area contributed by atoms with Gasteiger partial charge in [0.15, 0.2) is 0 Å². The number of anilines is 2. The molecule has 16 heavy (non-hydrogen) atoms. The summed E-state index contributed by atoms with van der Waals surface area (Å²) in [5, 5.41) is 0. The summed E-state index contributed by atoms with van der Waals surface area (Å²) in [7, 11) is 4.16. The molecule has 0 unspecified atom stereocenters. The van der Waals surface area contributed by atoms with Crippen molar-refractivity contribution in [3.8, 4) is 0 Å². The molecule has 4 N–H and O–H groups in total. The maximum atomic E-state index is 5.72. The monoisotopic (exact) mass is 223 g/mol. The second kappa shape index (κ2) is 7.99. The van der Waals surface area contributed by atoms with Crippen LogP contribution in [0.4, 0.5) is 11.4 Å². The Hall–Kier alpha value is -1.22. The molecule has 0 radical (unpaired) electrons. The maximum Gasteiger partial charge on any atom is 0.0550 e. The first-order valence-electron chi connectivity index (χ1n) is 5.88. The molecule has 1 aromatic rings. The van der Waals surface area contributed by atoms with Crippen LogP contribution in [0, 0.1) is 0 Å². The van der Waals surface area contributed by atoms with Crippen molar-refractivity contribution < 1.29 is 0 Å². The van der Waals surface area contributed by atoms with Crippen molar-refractivity contribution in [1.29, 1.82) is 0 Å². The van der Waals surface area contributed by atoms with Gasteiger partial charge in [-0.1, -0.05) is 19.9 Å². The second-order valence-electron chi connectivity index (χ2n) is 3.87. The summed E-state index contributed by atoms with van der Waals surface area (Å²) in [4.78, 5) is 2.18. The van der Waals surface area contributed by atoms with E-state index in [1.165, 1.54) is 5.56 Å². The van der Waals surface area contributed by atoms with Crippen molar-refractivity contribution >= 4 is 11.4 Å². The van der Waals surface area contributed by atoms with Crippen LogP contribution in [-0.4, -0.2) is 25.5 Å². The second-order valence-corrected chi connectivity index (χ2v) is 3.87. The van der Waals surface area contributed by atoms with E-state index in [9.17, 15) is 0 Å². The molecule has 0 atom stereocenters. The number of aryl methyl sites for hydroxylation is 1. The van der Waals surface area contributed by atoms with E-state index in [-0.39, 0.29) is 0 Å². The van der Waals surface area contributed by atoms with Gasteiger partial charge in [-0.3, -0.25) is 0 Å². The Morgan fingerprint density at radius 2 is 1.69 bits per heavy atom. The highest BCUT2D eigenvalue weighted by Crippen LogP contribution is 2.16. The molecule has 0 amide bonds. The van der Waals surface area contributed by atoms with Crippen LogP contribution in [0.5, 0.6) is 0 Å². The zero-order chi connectivity index (χ0) is 12.6. The molecular formula is C13H25N3. The summed E-state index contributed by atoms with van der Waals surface area (Å²) in [5.41, 5.74) is 14.0. The standard InChI is InChI=1S/C11H19N3.C2H6/c1-14(2)7-3-4-9-5-6-10(12)11(13)8-9;1-2/h5-6,8H,3-4,7,12-13H2,1-2H3;1-2H3. The predicted octanol–water partition coefficient (Wildman–Crippen LogP) is 2.37. The molecule has 0 fully saturated rings. The van der Waals surface area contributed by atoms with Crippen LogP contribution >= 0.6 is 0 Å². The zero-order valence-electron chi connectivity index (χ0n) is 11.0. The van der Waals surface area contributed by atoms with Crippen LogP contribution in [0.25, 0.3) is 0 Å². The maximum absolute atomic E-state index is 5.72. The van der Waals surface area contributed by atoms with E-state index in [1.807, 2.05) is 32.0 Å². The van der Waals surface area contributed by atoms with Gasteiger partial charge in [-0.25, -0.2) is 0 Å². The topological polar surface area (TPSA) is 55.3 Å². The third-order valence-corrected chi connectivity index (χ3v) is 2.22. The highest BCUT2D eigenvalue weighted by atomic mass is 15.0. The van der Waals surface area contributed by atoms with Crippen LogP contribution in [-0.2, 0) is 6.42 Å². The normalized spacial score (nSPS) is 9.81. The van der Waals surface area contributed by atoms with E-state index in [2.05, 4.69) is 19.0 Å². The van der Waals surface area contributed by atoms with Gasteiger partial charge in [-0.2, -0.15) is 0 Å². The van der Waals surface area contributed by atoms with Crippen LogP contribution < -0.4 is 11.5 Å². The first-order valence-corrected chi connectivity index (χ1v) is 5.88. The Bertz CT molecular complexity index is 295. The Kier molecular flexibility index (Phi) is 7.38. The van der Waals surface area contributed by atoms with E-state index >= 15 is 0 Å². The number of hydrogen-bond donors (Lipinski definition) is 2. The molecule has 1 aromatic carbocycles. The average Bonchev–Trinajstić information content (AvgIpc) is 2.26. The minimum Gasteiger partial charge on any atom is -0.397 e. The summed E-state index contributed by atoms with van der Waals surface area (Å²) in [6.45, 7) is 5.10. The lowest BCUT2D eigenvalue weighted by molar-refractivity contribution is 0.400. The predicted molar refractivity (Wildman–Crippen MR) is 73.5 cm³/mol. The molecule has 0 aliphatic carbocycles. The first-order chi connectivity index (χ1) is 7.59. The Morgan fingerprint density at radius 3 is 2.19 bits per heavy atom. The number of benzene rings is 1. The van der Waals surface area contributed by atoms with Gasteiger partial charge in [-0.05, 0) is 51.2 Å². The van der Waals surface area contributed by atoms with Gasteiger partial charge in [0.05, 0.1) is 11.4 Å². The minimum atomic E-state index is 0.668. The molecule has 0 aliphatic rings. The number of hydrogen-bond acceptors (Lipinski definition) is 3. The number of nitrogens with two attached hydrogens (primary N) is 2. The van der Waals surface area contributed by atoms with Crippen molar-refractivity contribution in [3.05, 3.63) is 23.8 Å². The zero-order valence-corrected chi connectivity index (χ0v) is 11.0. The third-order valence-electron chi connectivity index (χ3n) is 2.22. The van der Waals surface area contributed by atoms with Gasteiger partial charge in [0.1, 0.15) is 0 Å². The largest absolute Gasteiger partial charge is 0.397 e. The van der Waals surface area contributed by atoms with Crippen molar-refractivity contribution in [1.82, 2.24) is 4.90 Å². The van der Waals surface area contributed by atoms with Crippen molar-refractivity contribution in [2.75, 3.05) is 32.1 Å². The molecular weight excluding hydrogens is 198 g/mol. The molecule has 0 saturated carbocycles. The van der Waals surface area contributed by atoms with Crippen LogP contribution in [0.2, 0.25) is 0 Å². The van der Waals surface area contributed by atoms with Gasteiger partial charge < -0.3 is 16.4 Å². The minimum absolute atomic E-state index is 0.668. The first kappa shape index (κ1) is 14.8. The summed E-state index contributed by atoms with van der Waals surface area (Å²) in [6, 6.07) is 5.88. The van der Waals surface area contributed by atoms with Gasteiger partial charge in [-0.15, -0.1) is 0 Å². The van der Waals surface area contributed by atoms with Crippen LogP contribution in [0.3, 0.4) is 0 Å². The Morgan fingerprint density at radius 1 is 1.06 bits per heavy atom. The molecule has 3 heteroatoms. The van der Waals surface area contributed by atoms with Crippen LogP contribution in [0.15, 0.2) is 18.2 Å². The molecule has 92 valence electrons. The van der Waals surface area contributed by atoms with E-state index in [1.54, 1.807) is 0 Å². The van der Waals surface area contributed by atoms with Gasteiger partial charge in [0, 0.05) is 0 Å². The summed E-state index contributed by atoms with van der Waals surface area (Å²) >= 11 is 0. The molecule has 1 rings (SSSR count). The average molecular weight is 223 g/mol. The molecule has 0 saturated heterocycles. The molecule has 0 aliphatic heterocycles. The van der Waals surface area contributed by atoms with E-state index in [4.69, 9.17) is 11.5 Å². The molecule has 0 heterocycles. The summed E-state index contributed by atoms with van der Waals surface area (Å²) in [5.74, 6) is 0. The quantitative estimate of drug-likeness (QED) is 0.771.